The average Bonchev–Trinajstić information content (AvgIpc) is 2.86. The molecule has 0 bridgehead atoms. The van der Waals surface area contributed by atoms with Crippen molar-refractivity contribution in [3.05, 3.63) is 95.8 Å². The topological polar surface area (TPSA) is 49.8 Å². The maximum atomic E-state index is 13.2. The van der Waals surface area contributed by atoms with Crippen molar-refractivity contribution in [1.82, 2.24) is 4.90 Å². The van der Waals surface area contributed by atoms with Crippen LogP contribution in [0, 0.1) is 5.82 Å². The normalized spacial score (nSPS) is 19.2. The zero-order chi connectivity index (χ0) is 23.3. The van der Waals surface area contributed by atoms with E-state index < -0.39 is 5.60 Å². The van der Waals surface area contributed by atoms with Gasteiger partial charge in [0.1, 0.15) is 11.4 Å². The number of benzene rings is 3. The number of cyclic esters (lactones) is 1. The number of nitrogens with zero attached hydrogens (tertiary/aromatic N) is 1. The Morgan fingerprint density at radius 3 is 2.21 bits per heavy atom. The Balaban J connectivity index is 1.53. The Morgan fingerprint density at radius 1 is 1.00 bits per heavy atom. The van der Waals surface area contributed by atoms with Crippen molar-refractivity contribution in [1.29, 1.82) is 0 Å². The van der Waals surface area contributed by atoms with Gasteiger partial charge in [-0.3, -0.25) is 0 Å². The number of amides is 1. The van der Waals surface area contributed by atoms with Crippen molar-refractivity contribution in [2.75, 3.05) is 13.2 Å². The molecule has 1 heterocycles. The van der Waals surface area contributed by atoms with E-state index in [4.69, 9.17) is 4.74 Å². The highest BCUT2D eigenvalue weighted by atomic mass is 19.1. The number of carbonyl (C=O) groups excluding carboxylic acids is 1. The van der Waals surface area contributed by atoms with Crippen LogP contribution in [-0.4, -0.2) is 29.3 Å². The van der Waals surface area contributed by atoms with Crippen LogP contribution in [0.3, 0.4) is 0 Å². The van der Waals surface area contributed by atoms with E-state index in [0.29, 0.717) is 25.8 Å². The molecule has 0 aliphatic carbocycles. The lowest BCUT2D eigenvalue weighted by Crippen LogP contribution is -2.49. The summed E-state index contributed by atoms with van der Waals surface area (Å²) in [4.78, 5) is 15.1. The van der Waals surface area contributed by atoms with E-state index in [1.54, 1.807) is 12.1 Å². The summed E-state index contributed by atoms with van der Waals surface area (Å²) in [6.07, 6.45) is 2.28. The molecule has 2 atom stereocenters. The molecule has 1 N–H and O–H groups in total. The van der Waals surface area contributed by atoms with E-state index in [-0.39, 0.29) is 24.6 Å². The molecular formula is C28H30FNO3. The molecule has 5 heteroatoms. The summed E-state index contributed by atoms with van der Waals surface area (Å²) in [6.45, 7) is 2.71. The van der Waals surface area contributed by atoms with Gasteiger partial charge in [-0.05, 0) is 53.6 Å². The second-order valence-corrected chi connectivity index (χ2v) is 8.55. The highest BCUT2D eigenvalue weighted by Crippen LogP contribution is 2.41. The van der Waals surface area contributed by atoms with Crippen molar-refractivity contribution in [3.63, 3.8) is 0 Å². The van der Waals surface area contributed by atoms with Crippen molar-refractivity contribution < 1.29 is 19.0 Å². The average molecular weight is 448 g/mol. The van der Waals surface area contributed by atoms with Crippen molar-refractivity contribution >= 4 is 6.09 Å². The first-order valence-electron chi connectivity index (χ1n) is 11.6. The minimum Gasteiger partial charge on any atom is -0.438 e. The van der Waals surface area contributed by atoms with Crippen LogP contribution < -0.4 is 0 Å². The largest absolute Gasteiger partial charge is 0.438 e. The van der Waals surface area contributed by atoms with Crippen molar-refractivity contribution in [2.45, 2.75) is 44.2 Å². The van der Waals surface area contributed by atoms with E-state index in [1.165, 1.54) is 12.1 Å². The molecule has 33 heavy (non-hydrogen) atoms. The predicted molar refractivity (Wildman–Crippen MR) is 127 cm³/mol. The first-order valence-corrected chi connectivity index (χ1v) is 11.6. The predicted octanol–water partition coefficient (Wildman–Crippen LogP) is 6.45. The van der Waals surface area contributed by atoms with E-state index in [9.17, 15) is 14.3 Å². The van der Waals surface area contributed by atoms with Gasteiger partial charge in [-0.1, -0.05) is 73.7 Å². The summed E-state index contributed by atoms with van der Waals surface area (Å²) < 4.78 is 19.4. The molecule has 0 saturated carbocycles. The van der Waals surface area contributed by atoms with Crippen LogP contribution in [0.4, 0.5) is 9.18 Å². The van der Waals surface area contributed by atoms with Crippen LogP contribution in [0.5, 0.6) is 0 Å². The molecule has 1 aliphatic heterocycles. The fourth-order valence-electron chi connectivity index (χ4n) is 4.76. The Labute approximate surface area is 194 Å². The monoisotopic (exact) mass is 447 g/mol. The van der Waals surface area contributed by atoms with Crippen LogP contribution in [0.2, 0.25) is 0 Å². The van der Waals surface area contributed by atoms with Gasteiger partial charge < -0.3 is 14.7 Å². The Bertz CT molecular complexity index is 1050. The summed E-state index contributed by atoms with van der Waals surface area (Å²) in [5, 5.41) is 9.40. The minimum atomic E-state index is -0.706. The maximum Gasteiger partial charge on any atom is 0.411 e. The minimum absolute atomic E-state index is 0.0633. The second-order valence-electron chi connectivity index (χ2n) is 8.55. The standard InChI is InChI=1S/C28H30FNO3/c1-2-26(23-11-9-21(10-12-23)22-13-15-25(29)16-14-22)30-19-18-28(17-6-20-31,33-27(30)32)24-7-4-3-5-8-24/h3-5,7-16,26,31H,2,6,17-20H2,1H3. The maximum absolute atomic E-state index is 13.2. The third kappa shape index (κ3) is 4.93. The lowest BCUT2D eigenvalue weighted by atomic mass is 9.84. The van der Waals surface area contributed by atoms with E-state index in [0.717, 1.165) is 28.7 Å². The fourth-order valence-corrected chi connectivity index (χ4v) is 4.76. The van der Waals surface area contributed by atoms with E-state index >= 15 is 0 Å². The molecule has 4 rings (SSSR count). The van der Waals surface area contributed by atoms with E-state index in [1.807, 2.05) is 59.5 Å². The van der Waals surface area contributed by atoms with Crippen molar-refractivity contribution in [3.8, 4) is 11.1 Å². The Kier molecular flexibility index (Phi) is 7.09. The number of hydrogen-bond acceptors (Lipinski definition) is 3. The number of halogens is 1. The lowest BCUT2D eigenvalue weighted by Gasteiger charge is -2.44. The summed E-state index contributed by atoms with van der Waals surface area (Å²) in [6, 6.07) is 24.3. The SMILES string of the molecule is CCC(c1ccc(-c2ccc(F)cc2)cc1)N1CCC(CCCO)(c2ccccc2)OC1=O. The number of hydrogen-bond donors (Lipinski definition) is 1. The quantitative estimate of drug-likeness (QED) is 0.431. The van der Waals surface area contributed by atoms with Crippen LogP contribution in [0.25, 0.3) is 11.1 Å². The lowest BCUT2D eigenvalue weighted by molar-refractivity contribution is -0.0697. The van der Waals surface area contributed by atoms with Gasteiger partial charge in [0.25, 0.3) is 0 Å². The van der Waals surface area contributed by atoms with Crippen molar-refractivity contribution in [2.24, 2.45) is 0 Å². The van der Waals surface area contributed by atoms with Crippen LogP contribution in [0.15, 0.2) is 78.9 Å². The molecule has 3 aromatic rings. The van der Waals surface area contributed by atoms with E-state index in [2.05, 4.69) is 6.92 Å². The highest BCUT2D eigenvalue weighted by molar-refractivity contribution is 5.70. The molecular weight excluding hydrogens is 417 g/mol. The first-order chi connectivity index (χ1) is 16.1. The summed E-state index contributed by atoms with van der Waals surface area (Å²) in [5.41, 5.74) is 3.26. The molecule has 1 aliphatic rings. The van der Waals surface area contributed by atoms with Crippen LogP contribution >= 0.6 is 0 Å². The number of aliphatic hydroxyl groups excluding tert-OH is 1. The fraction of sp³-hybridized carbons (Fsp3) is 0.321. The molecule has 3 aromatic carbocycles. The number of aliphatic hydroxyl groups is 1. The summed E-state index contributed by atoms with van der Waals surface area (Å²) in [5.74, 6) is -0.254. The Hall–Kier alpha value is -3.18. The summed E-state index contributed by atoms with van der Waals surface area (Å²) >= 11 is 0. The van der Waals surface area contributed by atoms with Gasteiger partial charge in [-0.25, -0.2) is 9.18 Å². The molecule has 0 spiro atoms. The van der Waals surface area contributed by atoms with Gasteiger partial charge in [-0.15, -0.1) is 0 Å². The van der Waals surface area contributed by atoms with Gasteiger partial charge in [0.15, 0.2) is 0 Å². The van der Waals surface area contributed by atoms with Gasteiger partial charge >= 0.3 is 6.09 Å². The van der Waals surface area contributed by atoms with Gasteiger partial charge in [0, 0.05) is 19.6 Å². The third-order valence-electron chi connectivity index (χ3n) is 6.55. The highest BCUT2D eigenvalue weighted by Gasteiger charge is 2.43. The van der Waals surface area contributed by atoms with Crippen LogP contribution in [0.1, 0.15) is 49.8 Å². The smallest absolute Gasteiger partial charge is 0.411 e. The van der Waals surface area contributed by atoms with Crippen LogP contribution in [-0.2, 0) is 10.3 Å². The zero-order valence-electron chi connectivity index (χ0n) is 18.9. The molecule has 1 saturated heterocycles. The molecule has 0 aromatic heterocycles. The van der Waals surface area contributed by atoms with Gasteiger partial charge in [0.2, 0.25) is 0 Å². The van der Waals surface area contributed by atoms with Gasteiger partial charge in [0.05, 0.1) is 6.04 Å². The third-order valence-corrected chi connectivity index (χ3v) is 6.55. The molecule has 4 nitrogen and oxygen atoms in total. The number of ether oxygens (including phenoxy) is 1. The first kappa shape index (κ1) is 23.0. The molecule has 172 valence electrons. The zero-order valence-corrected chi connectivity index (χ0v) is 18.9. The summed E-state index contributed by atoms with van der Waals surface area (Å²) in [7, 11) is 0. The number of rotatable bonds is 8. The molecule has 1 fully saturated rings. The molecule has 2 unspecified atom stereocenters. The number of carbonyl (C=O) groups is 1. The Morgan fingerprint density at radius 2 is 1.64 bits per heavy atom. The van der Waals surface area contributed by atoms with Gasteiger partial charge in [-0.2, -0.15) is 0 Å². The molecule has 0 radical (unpaired) electrons. The molecule has 1 amide bonds. The second kappa shape index (κ2) is 10.2.